The minimum atomic E-state index is -1.32. The van der Waals surface area contributed by atoms with Gasteiger partial charge in [0.15, 0.2) is 23.0 Å². The minimum Gasteiger partial charge on any atom is -0.493 e. The van der Waals surface area contributed by atoms with Crippen LogP contribution in [-0.2, 0) is 99.2 Å². The van der Waals surface area contributed by atoms with Crippen LogP contribution in [0.2, 0.25) is 0 Å². The second-order valence-corrected chi connectivity index (χ2v) is 31.1. The van der Waals surface area contributed by atoms with Crippen LogP contribution in [0, 0.1) is 0 Å². The highest BCUT2D eigenvalue weighted by atomic mass is 16.6. The van der Waals surface area contributed by atoms with Crippen molar-refractivity contribution in [2.45, 2.75) is 153 Å². The number of oxime groups is 1. The number of carbonyl (C=O) groups is 14. The van der Waals surface area contributed by atoms with E-state index in [1.165, 1.54) is 93.5 Å². The summed E-state index contributed by atoms with van der Waals surface area (Å²) in [5, 5.41) is 25.9. The fraction of sp³-hybridized carbons (Fsp3) is 0.511. The van der Waals surface area contributed by atoms with Gasteiger partial charge >= 0.3 is 12.2 Å². The van der Waals surface area contributed by atoms with Gasteiger partial charge in [-0.25, -0.2) is 9.59 Å². The summed E-state index contributed by atoms with van der Waals surface area (Å²) in [5.74, 6) is -6.19. The van der Waals surface area contributed by atoms with Crippen LogP contribution in [0.15, 0.2) is 102 Å². The molecule has 4 aromatic carbocycles. The summed E-state index contributed by atoms with van der Waals surface area (Å²) in [4.78, 5) is 205. The van der Waals surface area contributed by atoms with Crippen molar-refractivity contribution in [2.75, 3.05) is 161 Å². The molecule has 2 saturated heterocycles. The molecule has 40 nitrogen and oxygen atoms in total. The number of nitrogens with zero attached hydrogens (tertiary/aromatic N) is 6. The molecule has 0 saturated carbocycles. The van der Waals surface area contributed by atoms with Crippen LogP contribution in [0.4, 0.5) is 32.3 Å². The number of hydrogen-bond acceptors (Lipinski definition) is 27. The Bertz CT molecular complexity index is 4680. The molecular weight excluding hydrogens is 1670 g/mol. The zero-order valence-corrected chi connectivity index (χ0v) is 73.0. The number of carbonyl (C=O) groups excluding carboxylic acids is 14. The second-order valence-electron chi connectivity index (χ2n) is 31.1. The van der Waals surface area contributed by atoms with Gasteiger partial charge in [0.25, 0.3) is 23.6 Å². The van der Waals surface area contributed by atoms with Crippen molar-refractivity contribution in [1.82, 2.24) is 46.6 Å². The third kappa shape index (κ3) is 27.9. The molecular formula is C88H114N14O26. The molecule has 13 rings (SSSR count). The zero-order chi connectivity index (χ0) is 91.8. The highest BCUT2D eigenvalue weighted by molar-refractivity contribution is 6.13. The van der Waals surface area contributed by atoms with Crippen LogP contribution < -0.4 is 71.3 Å². The number of nitrogens with one attached hydrogen (secondary N) is 8. The van der Waals surface area contributed by atoms with Gasteiger partial charge in [-0.15, -0.1) is 0 Å². The number of hydrogen-bond donors (Lipinski definition) is 8. The predicted octanol–water partition coefficient (Wildman–Crippen LogP) is 4.49. The van der Waals surface area contributed by atoms with Gasteiger partial charge in [-0.2, -0.15) is 0 Å². The van der Waals surface area contributed by atoms with E-state index in [-0.39, 0.29) is 219 Å². The van der Waals surface area contributed by atoms with Crippen LogP contribution in [0.5, 0.6) is 23.0 Å². The Labute approximate surface area is 740 Å². The van der Waals surface area contributed by atoms with Crippen molar-refractivity contribution < 1.29 is 124 Å². The molecule has 0 aliphatic carbocycles. The van der Waals surface area contributed by atoms with Crippen molar-refractivity contribution in [3.63, 3.8) is 0 Å². The normalized spacial score (nSPS) is 21.4. The molecule has 9 aliphatic rings. The van der Waals surface area contributed by atoms with Gasteiger partial charge in [0.2, 0.25) is 47.3 Å². The number of rotatable bonds is 27. The van der Waals surface area contributed by atoms with Crippen molar-refractivity contribution in [3.05, 3.63) is 119 Å². The van der Waals surface area contributed by atoms with Gasteiger partial charge < -0.3 is 109 Å². The predicted molar refractivity (Wildman–Crippen MR) is 462 cm³/mol. The van der Waals surface area contributed by atoms with Crippen molar-refractivity contribution in [1.29, 1.82) is 0 Å². The fourth-order valence-corrected chi connectivity index (χ4v) is 14.7. The molecule has 7 atom stereocenters. The smallest absolute Gasteiger partial charge is 0.414 e. The van der Waals surface area contributed by atoms with Crippen LogP contribution in [-0.4, -0.2) is 286 Å². The highest BCUT2D eigenvalue weighted by Crippen LogP contribution is 2.44. The summed E-state index contributed by atoms with van der Waals surface area (Å²) in [5.41, 5.74) is 3.16. The number of ether oxygens (including phenoxy) is 11. The van der Waals surface area contributed by atoms with Crippen LogP contribution >= 0.6 is 0 Å². The Morgan fingerprint density at radius 3 is 1.64 bits per heavy atom. The molecule has 40 heteroatoms. The maximum Gasteiger partial charge on any atom is 0.414 e. The summed E-state index contributed by atoms with van der Waals surface area (Å²) < 4.78 is 63.3. The lowest BCUT2D eigenvalue weighted by Crippen LogP contribution is -2.52. The van der Waals surface area contributed by atoms with Crippen molar-refractivity contribution >= 4 is 112 Å². The number of fused-ring (bicyclic) bond motifs is 2. The SMILES string of the molecule is C=C1C[C@H]2CN3C(=O)OCc4ccc(cc4)NC(=O)[C@H](CCC(=O)NCCOCCOC)NC(=O)[C@H](C)NC(=O)CCOCCC(=O)N[C@@H](C)C(=O)N[C@@H](CCC(=O)NCCCCCOC)C(=O)Nc4ccc(cc4)COC(=O)N4c5cc(c(OC)cc5C(=O)N5C/C(=N/OCCOCCN6C(=O)C=CC6=O)C[C@H]5C4C)OCCCOc4cc3c(cc4OC)C(=O)N2C1. The Kier molecular flexibility index (Phi) is 37.1. The molecule has 14 amide bonds. The first-order chi connectivity index (χ1) is 61.7. The number of anilines is 4. The quantitative estimate of drug-likeness (QED) is 0.0176. The summed E-state index contributed by atoms with van der Waals surface area (Å²) in [6, 6.07) is 11.5. The lowest BCUT2D eigenvalue weighted by molar-refractivity contribution is -0.138. The Hall–Kier alpha value is -12.8. The van der Waals surface area contributed by atoms with E-state index < -0.39 is 114 Å². The average molecular weight is 1780 g/mol. The number of benzene rings is 4. The number of unbranched alkanes of at least 4 members (excludes halogenated alkanes) is 2. The number of methoxy groups -OCH3 is 4. The van der Waals surface area contributed by atoms with E-state index in [2.05, 4.69) is 54.3 Å². The van der Waals surface area contributed by atoms with Crippen LogP contribution in [0.25, 0.3) is 0 Å². The first-order valence-electron chi connectivity index (χ1n) is 42.6. The molecule has 4 aromatic rings. The molecule has 8 N–H and O–H groups in total. The van der Waals surface area contributed by atoms with Gasteiger partial charge in [-0.3, -0.25) is 72.2 Å². The molecule has 1 unspecified atom stereocenters. The summed E-state index contributed by atoms with van der Waals surface area (Å²) in [6.07, 6.45) is 2.43. The summed E-state index contributed by atoms with van der Waals surface area (Å²) in [6.45, 7) is 9.92. The molecule has 128 heavy (non-hydrogen) atoms. The topological polar surface area (TPSA) is 475 Å². The summed E-state index contributed by atoms with van der Waals surface area (Å²) in [7, 11) is 5.92. The number of amides is 14. The molecule has 0 radical (unpaired) electrons. The Balaban J connectivity index is 0.892. The van der Waals surface area contributed by atoms with E-state index in [1.807, 2.05) is 0 Å². The molecule has 9 heterocycles. The Morgan fingerprint density at radius 1 is 0.539 bits per heavy atom. The van der Waals surface area contributed by atoms with Gasteiger partial charge in [0, 0.05) is 115 Å². The van der Waals surface area contributed by atoms with Gasteiger partial charge in [-0.1, -0.05) is 41.6 Å². The molecule has 692 valence electrons. The maximum absolute atomic E-state index is 15.1. The molecule has 0 spiro atoms. The lowest BCUT2D eigenvalue weighted by Gasteiger charge is -2.32. The van der Waals surface area contributed by atoms with E-state index in [9.17, 15) is 57.5 Å². The summed E-state index contributed by atoms with van der Waals surface area (Å²) >= 11 is 0. The maximum atomic E-state index is 15.1. The third-order valence-corrected chi connectivity index (χ3v) is 21.7. The largest absolute Gasteiger partial charge is 0.493 e. The standard InChI is InChI=1S/C88H114N14O26/c1-54-43-63-51-101-69-47-73(71(119-7)45-64(69)85(113)99(63)49-54)124-33-12-34-125-74-48-70-65(46-72(74)120-8)86(114)100-50-62(97-128-42-41-123-38-31-98-79(107)25-26-80(98)108)44-68(100)57(4)102(70)88(116)127-53-59-15-19-61(20-16-59)94-83(111)66(21-23-75(103)89-29-10-9-11-32-117-5)95-81(109)55(2)91-77(105)27-35-121-36-28-78(106)92-56(3)82(110)96-67(22-24-76(104)90-30-37-122-40-39-118-6)84(112)93-60-17-13-58(14-18-60)52-126-87(101)115/h13-20,25-26,45-48,55-57,63,66-68H,1,9-12,21-24,27-44,49-53H2,2-8H3,(H,89,103)(H,90,104)(H,91,105)(H,92,106)(H,93,112)(H,94,111)(H,95,109)(H,96,110)/b97-62+/t55-,56-,57?,63-,66-,67-,68-/m0/s1. The minimum absolute atomic E-state index is 0.000924. The van der Waals surface area contributed by atoms with E-state index >= 15 is 9.59 Å². The third-order valence-electron chi connectivity index (χ3n) is 21.7. The highest BCUT2D eigenvalue weighted by Gasteiger charge is 2.47. The van der Waals surface area contributed by atoms with Crippen molar-refractivity contribution in [2.24, 2.45) is 5.16 Å². The second kappa shape index (κ2) is 48.8. The van der Waals surface area contributed by atoms with E-state index in [4.69, 9.17) is 56.9 Å². The van der Waals surface area contributed by atoms with E-state index in [0.29, 0.717) is 56.0 Å². The fourth-order valence-electron chi connectivity index (χ4n) is 14.7. The van der Waals surface area contributed by atoms with Crippen LogP contribution in [0.3, 0.4) is 0 Å². The monoisotopic (exact) mass is 1780 g/mol. The zero-order valence-electron chi connectivity index (χ0n) is 73.0. The number of imide groups is 1. The lowest BCUT2D eigenvalue weighted by atomic mass is 10.1. The first kappa shape index (κ1) is 97.4. The van der Waals surface area contributed by atoms with E-state index in [0.717, 1.165) is 23.3 Å². The first-order valence-corrected chi connectivity index (χ1v) is 42.6. The van der Waals surface area contributed by atoms with E-state index in [1.54, 1.807) is 60.2 Å². The van der Waals surface area contributed by atoms with Gasteiger partial charge in [0.05, 0.1) is 140 Å². The van der Waals surface area contributed by atoms with Crippen molar-refractivity contribution in [3.8, 4) is 23.0 Å². The molecule has 8 bridgehead atoms. The average Bonchev–Trinajstić information content (AvgIpc) is 1.60. The molecule has 2 fully saturated rings. The van der Waals surface area contributed by atoms with Crippen LogP contribution in [0.1, 0.15) is 130 Å². The van der Waals surface area contributed by atoms with Gasteiger partial charge in [0.1, 0.15) is 44.0 Å². The Morgan fingerprint density at radius 2 is 1.07 bits per heavy atom. The molecule has 9 aliphatic heterocycles. The van der Waals surface area contributed by atoms with Gasteiger partial charge in [-0.05, 0) is 107 Å². The molecule has 0 aromatic heterocycles.